The van der Waals surface area contributed by atoms with E-state index in [4.69, 9.17) is 4.74 Å². The van der Waals surface area contributed by atoms with Gasteiger partial charge < -0.3 is 19.9 Å². The molecule has 34 heavy (non-hydrogen) atoms. The molecule has 5 rings (SSSR count). The number of carbonyl (C=O) groups excluding carboxylic acids is 1. The van der Waals surface area contributed by atoms with E-state index in [1.165, 1.54) is 18.2 Å². The zero-order valence-electron chi connectivity index (χ0n) is 18.3. The highest BCUT2D eigenvalue weighted by Gasteiger charge is 2.37. The topological polar surface area (TPSA) is 57.4 Å². The fourth-order valence-electron chi connectivity index (χ4n) is 4.62. The number of aromatic nitrogens is 1. The molecule has 3 aromatic carbocycles. The average Bonchev–Trinajstić information content (AvgIpc) is 3.22. The van der Waals surface area contributed by atoms with Crippen molar-refractivity contribution < 1.29 is 22.7 Å². The molecule has 2 N–H and O–H groups in total. The Kier molecular flexibility index (Phi) is 5.43. The molecule has 0 aliphatic carbocycles. The van der Waals surface area contributed by atoms with Crippen molar-refractivity contribution in [3.63, 3.8) is 0 Å². The molecule has 0 fully saturated rings. The number of hydrogen-bond acceptors (Lipinski definition) is 2. The van der Waals surface area contributed by atoms with E-state index in [1.54, 1.807) is 24.1 Å². The molecule has 0 unspecified atom stereocenters. The average molecular weight is 465 g/mol. The van der Waals surface area contributed by atoms with Crippen molar-refractivity contribution in [2.45, 2.75) is 18.6 Å². The Morgan fingerprint density at radius 2 is 1.74 bits per heavy atom. The van der Waals surface area contributed by atoms with E-state index in [0.29, 0.717) is 18.7 Å². The lowest BCUT2D eigenvalue weighted by Gasteiger charge is -2.36. The molecule has 8 heteroatoms. The van der Waals surface area contributed by atoms with Crippen molar-refractivity contribution in [2.75, 3.05) is 19.0 Å². The molecule has 4 aromatic rings. The summed E-state index contributed by atoms with van der Waals surface area (Å²) < 4.78 is 45.7. The number of benzene rings is 3. The second-order valence-electron chi connectivity index (χ2n) is 8.16. The maximum Gasteiger partial charge on any atom is 0.418 e. The minimum absolute atomic E-state index is 0.268. The van der Waals surface area contributed by atoms with Gasteiger partial charge in [0, 0.05) is 23.1 Å². The Balaban J connectivity index is 1.56. The molecular weight excluding hydrogens is 443 g/mol. The second-order valence-corrected chi connectivity index (χ2v) is 8.16. The van der Waals surface area contributed by atoms with Crippen LogP contribution in [0, 0.1) is 0 Å². The van der Waals surface area contributed by atoms with Gasteiger partial charge in [0.2, 0.25) is 0 Å². The summed E-state index contributed by atoms with van der Waals surface area (Å²) in [6.07, 6.45) is -3.99. The number of alkyl halides is 3. The third-order valence-electron chi connectivity index (χ3n) is 6.20. The second kappa shape index (κ2) is 8.44. The van der Waals surface area contributed by atoms with Crippen LogP contribution in [0.1, 0.15) is 28.4 Å². The summed E-state index contributed by atoms with van der Waals surface area (Å²) >= 11 is 0. The number of fused-ring (bicyclic) bond motifs is 3. The maximum absolute atomic E-state index is 13.5. The van der Waals surface area contributed by atoms with Gasteiger partial charge in [0.05, 0.1) is 24.4 Å². The molecule has 0 spiro atoms. The molecule has 1 aliphatic heterocycles. The van der Waals surface area contributed by atoms with Gasteiger partial charge >= 0.3 is 12.2 Å². The number of carbonyl (C=O) groups is 1. The first-order valence-corrected chi connectivity index (χ1v) is 10.8. The number of ether oxygens (including phenoxy) is 1. The van der Waals surface area contributed by atoms with Crippen LogP contribution in [-0.2, 0) is 12.6 Å². The SMILES string of the molecule is COc1ccc([C@H]2c3[nH]c4ccccc4c3CCN2C(=O)Nc2ccccc2C(F)(F)F)cc1. The van der Waals surface area contributed by atoms with Crippen LogP contribution >= 0.6 is 0 Å². The minimum Gasteiger partial charge on any atom is -0.497 e. The molecule has 1 aliphatic rings. The van der Waals surface area contributed by atoms with Crippen LogP contribution in [0.4, 0.5) is 23.7 Å². The van der Waals surface area contributed by atoms with Gasteiger partial charge in [-0.15, -0.1) is 0 Å². The molecule has 2 heterocycles. The Bertz CT molecular complexity index is 1350. The lowest BCUT2D eigenvalue weighted by Crippen LogP contribution is -2.43. The summed E-state index contributed by atoms with van der Waals surface area (Å²) in [5.74, 6) is 0.673. The molecule has 2 amide bonds. The summed E-state index contributed by atoms with van der Waals surface area (Å²) in [6.45, 7) is 0.353. The van der Waals surface area contributed by atoms with Crippen molar-refractivity contribution in [3.8, 4) is 5.75 Å². The number of aromatic amines is 1. The number of H-pyrrole nitrogens is 1. The highest BCUT2D eigenvalue weighted by Crippen LogP contribution is 2.40. The van der Waals surface area contributed by atoms with E-state index in [0.717, 1.165) is 33.8 Å². The van der Waals surface area contributed by atoms with Crippen molar-refractivity contribution in [1.82, 2.24) is 9.88 Å². The van der Waals surface area contributed by atoms with Gasteiger partial charge in [-0.1, -0.05) is 42.5 Å². The van der Waals surface area contributed by atoms with Gasteiger partial charge in [-0.3, -0.25) is 0 Å². The number of methoxy groups -OCH3 is 1. The van der Waals surface area contributed by atoms with Crippen LogP contribution in [0.2, 0.25) is 0 Å². The molecule has 1 aromatic heterocycles. The van der Waals surface area contributed by atoms with Gasteiger partial charge in [0.25, 0.3) is 0 Å². The first kappa shape index (κ1) is 21.9. The Morgan fingerprint density at radius 3 is 2.47 bits per heavy atom. The minimum atomic E-state index is -4.58. The normalized spacial score (nSPS) is 15.8. The predicted octanol–water partition coefficient (Wildman–Crippen LogP) is 6.37. The number of hydrogen-bond donors (Lipinski definition) is 2. The summed E-state index contributed by atoms with van der Waals surface area (Å²) in [5, 5.41) is 3.58. The van der Waals surface area contributed by atoms with Crippen LogP contribution in [0.15, 0.2) is 72.8 Å². The number of urea groups is 1. The van der Waals surface area contributed by atoms with Crippen LogP contribution < -0.4 is 10.1 Å². The van der Waals surface area contributed by atoms with E-state index in [1.807, 2.05) is 36.4 Å². The fourth-order valence-corrected chi connectivity index (χ4v) is 4.62. The lowest BCUT2D eigenvalue weighted by molar-refractivity contribution is -0.136. The smallest absolute Gasteiger partial charge is 0.418 e. The van der Waals surface area contributed by atoms with Crippen LogP contribution in [-0.4, -0.2) is 29.6 Å². The molecule has 0 saturated carbocycles. The van der Waals surface area contributed by atoms with Crippen molar-refractivity contribution >= 4 is 22.6 Å². The van der Waals surface area contributed by atoms with Crippen molar-refractivity contribution in [1.29, 1.82) is 0 Å². The molecule has 0 saturated heterocycles. The molecule has 1 atom stereocenters. The third kappa shape index (κ3) is 3.85. The Morgan fingerprint density at radius 1 is 1.03 bits per heavy atom. The Labute approximate surface area is 194 Å². The van der Waals surface area contributed by atoms with Gasteiger partial charge in [-0.25, -0.2) is 4.79 Å². The summed E-state index contributed by atoms with van der Waals surface area (Å²) in [7, 11) is 1.57. The number of rotatable bonds is 3. The van der Waals surface area contributed by atoms with E-state index in [2.05, 4.69) is 10.3 Å². The third-order valence-corrected chi connectivity index (χ3v) is 6.20. The first-order chi connectivity index (χ1) is 16.4. The quantitative estimate of drug-likeness (QED) is 0.369. The van der Waals surface area contributed by atoms with Crippen molar-refractivity contribution in [3.05, 3.63) is 95.2 Å². The predicted molar refractivity (Wildman–Crippen MR) is 124 cm³/mol. The molecule has 174 valence electrons. The number of anilines is 1. The first-order valence-electron chi connectivity index (χ1n) is 10.8. The maximum atomic E-state index is 13.5. The highest BCUT2D eigenvalue weighted by molar-refractivity contribution is 5.92. The summed E-state index contributed by atoms with van der Waals surface area (Å²) in [4.78, 5) is 18.4. The van der Waals surface area contributed by atoms with Gasteiger partial charge in [0.15, 0.2) is 0 Å². The summed E-state index contributed by atoms with van der Waals surface area (Å²) in [6, 6.07) is 19.2. The molecular formula is C26H22F3N3O2. The molecule has 0 bridgehead atoms. The standard InChI is InChI=1S/C26H22F3N3O2/c1-34-17-12-10-16(11-13-17)24-23-19(18-6-2-4-8-21(18)30-23)14-15-32(24)25(33)31-22-9-5-3-7-20(22)26(27,28)29/h2-13,24,30H,14-15H2,1H3,(H,31,33)/t24-/m0/s1. The van der Waals surface area contributed by atoms with E-state index in [9.17, 15) is 18.0 Å². The lowest BCUT2D eigenvalue weighted by atomic mass is 9.92. The largest absolute Gasteiger partial charge is 0.497 e. The van der Waals surface area contributed by atoms with Gasteiger partial charge in [-0.05, 0) is 47.9 Å². The number of halogens is 3. The number of nitrogens with zero attached hydrogens (tertiary/aromatic N) is 1. The highest BCUT2D eigenvalue weighted by atomic mass is 19.4. The molecule has 0 radical (unpaired) electrons. The van der Waals surface area contributed by atoms with Crippen LogP contribution in [0.25, 0.3) is 10.9 Å². The number of para-hydroxylation sites is 2. The van der Waals surface area contributed by atoms with Crippen LogP contribution in [0.5, 0.6) is 5.75 Å². The van der Waals surface area contributed by atoms with Gasteiger partial charge in [-0.2, -0.15) is 13.2 Å². The zero-order valence-corrected chi connectivity index (χ0v) is 18.3. The number of amides is 2. The van der Waals surface area contributed by atoms with E-state index < -0.39 is 23.8 Å². The van der Waals surface area contributed by atoms with Crippen LogP contribution in [0.3, 0.4) is 0 Å². The van der Waals surface area contributed by atoms with Gasteiger partial charge in [0.1, 0.15) is 5.75 Å². The number of nitrogens with one attached hydrogen (secondary N) is 2. The zero-order chi connectivity index (χ0) is 23.9. The monoisotopic (exact) mass is 465 g/mol. The van der Waals surface area contributed by atoms with E-state index in [-0.39, 0.29) is 5.69 Å². The molecule has 5 nitrogen and oxygen atoms in total. The Hall–Kier alpha value is -3.94. The van der Waals surface area contributed by atoms with Crippen molar-refractivity contribution in [2.24, 2.45) is 0 Å². The van der Waals surface area contributed by atoms with E-state index >= 15 is 0 Å². The summed E-state index contributed by atoms with van der Waals surface area (Å²) in [5.41, 5.74) is 2.60. The fraction of sp³-hybridized carbons (Fsp3) is 0.192.